The topological polar surface area (TPSA) is 79.6 Å². The van der Waals surface area contributed by atoms with Gasteiger partial charge in [0.1, 0.15) is 17.4 Å². The molecule has 2 rings (SSSR count). The lowest BCUT2D eigenvalue weighted by Crippen LogP contribution is -2.37. The van der Waals surface area contributed by atoms with Crippen LogP contribution in [0.1, 0.15) is 31.4 Å². The van der Waals surface area contributed by atoms with Crippen molar-refractivity contribution in [3.05, 3.63) is 39.7 Å². The lowest BCUT2D eigenvalue weighted by molar-refractivity contribution is -0.312. The van der Waals surface area contributed by atoms with Crippen LogP contribution in [0.4, 0.5) is 0 Å². The van der Waals surface area contributed by atoms with Crippen LogP contribution in [0.25, 0.3) is 11.0 Å². The van der Waals surface area contributed by atoms with Crippen LogP contribution in [0.5, 0.6) is 5.75 Å². The smallest absolute Gasteiger partial charge is 0.336 e. The van der Waals surface area contributed by atoms with Gasteiger partial charge in [-0.05, 0) is 43.5 Å². The first-order chi connectivity index (χ1) is 9.92. The molecule has 5 nitrogen and oxygen atoms in total. The molecule has 0 fully saturated rings. The first-order valence-electron chi connectivity index (χ1n) is 6.87. The molecule has 0 saturated heterocycles. The maximum atomic E-state index is 11.6. The maximum Gasteiger partial charge on any atom is 0.336 e. The van der Waals surface area contributed by atoms with Crippen LogP contribution in [0.15, 0.2) is 27.4 Å². The van der Waals surface area contributed by atoms with Crippen molar-refractivity contribution in [2.24, 2.45) is 0 Å². The van der Waals surface area contributed by atoms with Crippen molar-refractivity contribution in [2.45, 2.75) is 39.7 Å². The van der Waals surface area contributed by atoms with Crippen LogP contribution in [-0.2, 0) is 11.2 Å². The number of aliphatic carboxylic acids is 1. The van der Waals surface area contributed by atoms with Crippen molar-refractivity contribution in [1.29, 1.82) is 0 Å². The van der Waals surface area contributed by atoms with Crippen LogP contribution in [-0.4, -0.2) is 12.1 Å². The number of carboxylic acids is 1. The number of aryl methyl sites for hydroxylation is 2. The van der Waals surface area contributed by atoms with E-state index in [4.69, 9.17) is 9.15 Å². The summed E-state index contributed by atoms with van der Waals surface area (Å²) in [6, 6.07) is 4.91. The van der Waals surface area contributed by atoms with Gasteiger partial charge in [0.05, 0.1) is 11.4 Å². The molecule has 1 aromatic heterocycles. The summed E-state index contributed by atoms with van der Waals surface area (Å²) >= 11 is 0. The van der Waals surface area contributed by atoms with E-state index in [1.165, 1.54) is 13.0 Å². The number of ether oxygens (including phenoxy) is 1. The van der Waals surface area contributed by atoms with Gasteiger partial charge < -0.3 is 19.1 Å². The quantitative estimate of drug-likeness (QED) is 0.781. The molecule has 0 unspecified atom stereocenters. The molecule has 1 heterocycles. The summed E-state index contributed by atoms with van der Waals surface area (Å²) in [5.41, 5.74) is 1.60. The minimum absolute atomic E-state index is 0.397. The second-order valence-corrected chi connectivity index (χ2v) is 5.06. The van der Waals surface area contributed by atoms with Crippen molar-refractivity contribution in [1.82, 2.24) is 0 Å². The summed E-state index contributed by atoms with van der Waals surface area (Å²) in [6.07, 6.45) is 0.444. The first-order valence-corrected chi connectivity index (χ1v) is 6.87. The zero-order chi connectivity index (χ0) is 15.6. The van der Waals surface area contributed by atoms with Gasteiger partial charge >= 0.3 is 5.63 Å². The van der Waals surface area contributed by atoms with E-state index >= 15 is 0 Å². The molecular weight excluding hydrogens is 272 g/mol. The number of benzene rings is 1. The van der Waals surface area contributed by atoms with Gasteiger partial charge in [-0.1, -0.05) is 13.3 Å². The lowest BCUT2D eigenvalue weighted by Gasteiger charge is -2.18. The van der Waals surface area contributed by atoms with Crippen molar-refractivity contribution in [2.75, 3.05) is 0 Å². The van der Waals surface area contributed by atoms with Crippen molar-refractivity contribution < 1.29 is 19.1 Å². The molecule has 1 atom stereocenters. The summed E-state index contributed by atoms with van der Waals surface area (Å²) in [5.74, 6) is -0.895. The molecule has 0 spiro atoms. The van der Waals surface area contributed by atoms with E-state index in [0.29, 0.717) is 23.1 Å². The normalized spacial score (nSPS) is 12.3. The monoisotopic (exact) mass is 289 g/mol. The van der Waals surface area contributed by atoms with Crippen LogP contribution >= 0.6 is 0 Å². The van der Waals surface area contributed by atoms with Gasteiger partial charge in [0.15, 0.2) is 0 Å². The average molecular weight is 289 g/mol. The Labute approximate surface area is 122 Å². The van der Waals surface area contributed by atoms with Gasteiger partial charge in [0, 0.05) is 6.07 Å². The van der Waals surface area contributed by atoms with Crippen LogP contribution in [0, 0.1) is 6.92 Å². The third kappa shape index (κ3) is 3.24. The number of carboxylic acid groups (broad SMARTS) is 1. The minimum Gasteiger partial charge on any atom is -0.546 e. The molecular formula is C16H17O5-. The number of hydrogen-bond acceptors (Lipinski definition) is 5. The first kappa shape index (κ1) is 15.1. The van der Waals surface area contributed by atoms with Crippen LogP contribution in [0.3, 0.4) is 0 Å². The fourth-order valence-electron chi connectivity index (χ4n) is 2.27. The fraction of sp³-hybridized carbons (Fsp3) is 0.375. The summed E-state index contributed by atoms with van der Waals surface area (Å²) in [5, 5.41) is 11.5. The van der Waals surface area contributed by atoms with E-state index in [-0.39, 0.29) is 0 Å². The molecule has 0 amide bonds. The Morgan fingerprint density at radius 1 is 1.38 bits per heavy atom. The van der Waals surface area contributed by atoms with E-state index in [2.05, 4.69) is 0 Å². The summed E-state index contributed by atoms with van der Waals surface area (Å²) in [6.45, 7) is 5.23. The fourth-order valence-corrected chi connectivity index (χ4v) is 2.27. The van der Waals surface area contributed by atoms with Crippen molar-refractivity contribution >= 4 is 16.9 Å². The Balaban J connectivity index is 2.67. The zero-order valence-electron chi connectivity index (χ0n) is 12.3. The summed E-state index contributed by atoms with van der Waals surface area (Å²) in [4.78, 5) is 22.5. The second-order valence-electron chi connectivity index (χ2n) is 5.06. The number of carbonyl (C=O) groups is 1. The Morgan fingerprint density at radius 3 is 2.71 bits per heavy atom. The molecule has 0 bridgehead atoms. The van der Waals surface area contributed by atoms with Crippen molar-refractivity contribution in [3.63, 3.8) is 0 Å². The largest absolute Gasteiger partial charge is 0.546 e. The van der Waals surface area contributed by atoms with Crippen molar-refractivity contribution in [3.8, 4) is 5.75 Å². The molecule has 1 aromatic carbocycles. The highest BCUT2D eigenvalue weighted by Gasteiger charge is 2.14. The molecule has 0 saturated carbocycles. The minimum atomic E-state index is -1.29. The molecule has 21 heavy (non-hydrogen) atoms. The molecule has 5 heteroatoms. The van der Waals surface area contributed by atoms with E-state index in [9.17, 15) is 14.7 Å². The zero-order valence-corrected chi connectivity index (χ0v) is 12.3. The van der Waals surface area contributed by atoms with E-state index < -0.39 is 17.7 Å². The SMILES string of the molecule is CCCc1cc(=O)oc2cc(C)cc(O[C@@H](C)C(=O)[O-])c12. The van der Waals surface area contributed by atoms with E-state index in [0.717, 1.165) is 17.5 Å². The van der Waals surface area contributed by atoms with Gasteiger partial charge in [-0.15, -0.1) is 0 Å². The summed E-state index contributed by atoms with van der Waals surface area (Å²) < 4.78 is 10.7. The molecule has 0 aliphatic heterocycles. The average Bonchev–Trinajstić information content (AvgIpc) is 2.37. The Bertz CT molecular complexity index is 729. The second kappa shape index (κ2) is 5.99. The number of fused-ring (bicyclic) bond motifs is 1. The predicted octanol–water partition coefficient (Wildman–Crippen LogP) is 1.57. The third-order valence-corrected chi connectivity index (χ3v) is 3.19. The Kier molecular flexibility index (Phi) is 4.31. The van der Waals surface area contributed by atoms with E-state index in [1.807, 2.05) is 13.8 Å². The van der Waals surface area contributed by atoms with Gasteiger partial charge in [-0.3, -0.25) is 0 Å². The highest BCUT2D eigenvalue weighted by molar-refractivity contribution is 5.88. The molecule has 0 N–H and O–H groups in total. The maximum absolute atomic E-state index is 11.6. The van der Waals surface area contributed by atoms with Crippen LogP contribution in [0.2, 0.25) is 0 Å². The standard InChI is InChI=1S/C16H18O5/c1-4-5-11-8-14(17)21-13-7-9(2)6-12(15(11)13)20-10(3)16(18)19/h6-8,10H,4-5H2,1-3H3,(H,18,19)/p-1/t10-/m0/s1. The lowest BCUT2D eigenvalue weighted by atomic mass is 10.0. The van der Waals surface area contributed by atoms with Crippen LogP contribution < -0.4 is 15.5 Å². The molecule has 0 aliphatic rings. The number of carbonyl (C=O) groups excluding carboxylic acids is 1. The highest BCUT2D eigenvalue weighted by Crippen LogP contribution is 2.31. The van der Waals surface area contributed by atoms with Gasteiger partial charge in [0.2, 0.25) is 0 Å². The highest BCUT2D eigenvalue weighted by atomic mass is 16.5. The van der Waals surface area contributed by atoms with Gasteiger partial charge in [-0.2, -0.15) is 0 Å². The molecule has 0 aliphatic carbocycles. The summed E-state index contributed by atoms with van der Waals surface area (Å²) in [7, 11) is 0. The van der Waals surface area contributed by atoms with Gasteiger partial charge in [0.25, 0.3) is 0 Å². The van der Waals surface area contributed by atoms with Gasteiger partial charge in [-0.25, -0.2) is 4.79 Å². The Hall–Kier alpha value is -2.30. The molecule has 2 aromatic rings. The molecule has 0 radical (unpaired) electrons. The van der Waals surface area contributed by atoms with E-state index in [1.54, 1.807) is 12.1 Å². The number of rotatable bonds is 5. The Morgan fingerprint density at radius 2 is 2.10 bits per heavy atom. The molecule has 112 valence electrons. The third-order valence-electron chi connectivity index (χ3n) is 3.19. The number of hydrogen-bond donors (Lipinski definition) is 0. The predicted molar refractivity (Wildman–Crippen MR) is 76.3 cm³/mol.